The molecule has 1 aliphatic heterocycles. The summed E-state index contributed by atoms with van der Waals surface area (Å²) < 4.78 is 26.0. The lowest BCUT2D eigenvalue weighted by Gasteiger charge is -2.19. The normalized spacial score (nSPS) is 23.3. The fourth-order valence-electron chi connectivity index (χ4n) is 1.55. The lowest BCUT2D eigenvalue weighted by atomic mass is 9.98. The van der Waals surface area contributed by atoms with Crippen molar-refractivity contribution >= 4 is 10.0 Å². The third-order valence-corrected chi connectivity index (χ3v) is 3.83. The Morgan fingerprint density at radius 1 is 1.40 bits per heavy atom. The third-order valence-electron chi connectivity index (χ3n) is 2.41. The fourth-order valence-corrected chi connectivity index (χ4v) is 3.13. The molecule has 90 valence electrons. The maximum atomic E-state index is 11.7. The van der Waals surface area contributed by atoms with Gasteiger partial charge in [0.1, 0.15) is 0 Å². The lowest BCUT2D eigenvalue weighted by molar-refractivity contribution is 0.407. The molecular formula is C10H22N2O2S. The molecule has 1 unspecified atom stereocenters. The smallest absolute Gasteiger partial charge is 0.213 e. The molecule has 0 radical (unpaired) electrons. The van der Waals surface area contributed by atoms with Gasteiger partial charge in [-0.25, -0.2) is 13.1 Å². The molecule has 5 heteroatoms. The molecule has 1 heterocycles. The van der Waals surface area contributed by atoms with E-state index in [2.05, 4.69) is 10.0 Å². The van der Waals surface area contributed by atoms with E-state index in [1.165, 1.54) is 0 Å². The van der Waals surface area contributed by atoms with Crippen LogP contribution in [0.15, 0.2) is 0 Å². The minimum absolute atomic E-state index is 0.00380. The minimum atomic E-state index is -3.11. The first kappa shape index (κ1) is 12.9. The predicted octanol–water partition coefficient (Wildman–Crippen LogP) is 0.704. The Labute approximate surface area is 92.9 Å². The van der Waals surface area contributed by atoms with Gasteiger partial charge in [-0.3, -0.25) is 0 Å². The first-order valence-electron chi connectivity index (χ1n) is 5.49. The highest BCUT2D eigenvalue weighted by Gasteiger charge is 2.23. The topological polar surface area (TPSA) is 58.2 Å². The van der Waals surface area contributed by atoms with Gasteiger partial charge in [0.25, 0.3) is 0 Å². The fraction of sp³-hybridized carbons (Fsp3) is 1.00. The molecule has 0 aromatic rings. The average molecular weight is 234 g/mol. The molecule has 4 nitrogen and oxygen atoms in total. The highest BCUT2D eigenvalue weighted by Crippen LogP contribution is 2.12. The van der Waals surface area contributed by atoms with Gasteiger partial charge in [0.2, 0.25) is 10.0 Å². The number of hydrogen-bond donors (Lipinski definition) is 2. The first-order valence-corrected chi connectivity index (χ1v) is 7.14. The van der Waals surface area contributed by atoms with E-state index in [0.717, 1.165) is 19.4 Å². The molecule has 0 aromatic heterocycles. The van der Waals surface area contributed by atoms with Gasteiger partial charge >= 0.3 is 0 Å². The van der Waals surface area contributed by atoms with E-state index in [0.29, 0.717) is 6.54 Å². The molecule has 0 aromatic carbocycles. The molecule has 1 atom stereocenters. The van der Waals surface area contributed by atoms with Gasteiger partial charge < -0.3 is 5.32 Å². The van der Waals surface area contributed by atoms with Crippen molar-refractivity contribution in [3.05, 3.63) is 0 Å². The highest BCUT2D eigenvalue weighted by atomic mass is 32.2. The van der Waals surface area contributed by atoms with E-state index < -0.39 is 10.0 Å². The van der Waals surface area contributed by atoms with Crippen molar-refractivity contribution in [1.29, 1.82) is 0 Å². The Morgan fingerprint density at radius 3 is 2.53 bits per heavy atom. The summed E-state index contributed by atoms with van der Waals surface area (Å²) >= 11 is 0. The first-order chi connectivity index (χ1) is 6.79. The van der Waals surface area contributed by atoms with Gasteiger partial charge in [-0.1, -0.05) is 20.8 Å². The monoisotopic (exact) mass is 234 g/mol. The largest absolute Gasteiger partial charge is 0.313 e. The second-order valence-corrected chi connectivity index (χ2v) is 7.31. The van der Waals surface area contributed by atoms with Gasteiger partial charge in [-0.2, -0.15) is 0 Å². The lowest BCUT2D eigenvalue weighted by Crippen LogP contribution is -2.39. The van der Waals surface area contributed by atoms with E-state index >= 15 is 0 Å². The van der Waals surface area contributed by atoms with Crippen molar-refractivity contribution in [1.82, 2.24) is 10.0 Å². The SMILES string of the molecule is CC(C)(C)CNS(=O)(=O)CC1CCCN1. The minimum Gasteiger partial charge on any atom is -0.313 e. The Kier molecular flexibility index (Phi) is 4.14. The Morgan fingerprint density at radius 2 is 2.07 bits per heavy atom. The van der Waals surface area contributed by atoms with Gasteiger partial charge in [0.05, 0.1) is 5.75 Å². The highest BCUT2D eigenvalue weighted by molar-refractivity contribution is 7.89. The number of hydrogen-bond acceptors (Lipinski definition) is 3. The summed E-state index contributed by atoms with van der Waals surface area (Å²) in [6.07, 6.45) is 2.05. The molecule has 15 heavy (non-hydrogen) atoms. The second-order valence-electron chi connectivity index (χ2n) is 5.46. The average Bonchev–Trinajstić information content (AvgIpc) is 2.52. The van der Waals surface area contributed by atoms with Crippen molar-refractivity contribution < 1.29 is 8.42 Å². The molecule has 0 aliphatic carbocycles. The second kappa shape index (κ2) is 4.80. The van der Waals surface area contributed by atoms with Crippen LogP contribution in [0.25, 0.3) is 0 Å². The van der Waals surface area contributed by atoms with Crippen LogP contribution in [0, 0.1) is 5.41 Å². The van der Waals surface area contributed by atoms with E-state index in [-0.39, 0.29) is 17.2 Å². The molecule has 1 saturated heterocycles. The number of sulfonamides is 1. The van der Waals surface area contributed by atoms with Crippen LogP contribution in [0.3, 0.4) is 0 Å². The Bertz CT molecular complexity index is 287. The molecule has 0 bridgehead atoms. The zero-order valence-electron chi connectivity index (χ0n) is 9.84. The number of nitrogens with one attached hydrogen (secondary N) is 2. The molecule has 2 N–H and O–H groups in total. The third kappa shape index (κ3) is 5.49. The molecule has 0 saturated carbocycles. The van der Waals surface area contributed by atoms with Crippen LogP contribution in [0.1, 0.15) is 33.6 Å². The maximum Gasteiger partial charge on any atom is 0.213 e. The van der Waals surface area contributed by atoms with Crippen LogP contribution in [0.2, 0.25) is 0 Å². The molecule has 1 fully saturated rings. The number of rotatable bonds is 4. The van der Waals surface area contributed by atoms with E-state index in [9.17, 15) is 8.42 Å². The summed E-state index contributed by atoms with van der Waals surface area (Å²) in [6.45, 7) is 7.50. The van der Waals surface area contributed by atoms with Gasteiger partial charge in [-0.15, -0.1) is 0 Å². The van der Waals surface area contributed by atoms with Crippen molar-refractivity contribution in [3.63, 3.8) is 0 Å². The molecule has 0 amide bonds. The molecule has 1 aliphatic rings. The van der Waals surface area contributed by atoms with E-state index in [4.69, 9.17) is 0 Å². The maximum absolute atomic E-state index is 11.7. The Hall–Kier alpha value is -0.130. The van der Waals surface area contributed by atoms with Crippen molar-refractivity contribution in [3.8, 4) is 0 Å². The summed E-state index contributed by atoms with van der Waals surface area (Å²) in [5.41, 5.74) is -0.00380. The van der Waals surface area contributed by atoms with Crippen LogP contribution < -0.4 is 10.0 Å². The van der Waals surface area contributed by atoms with Crippen molar-refractivity contribution in [2.24, 2.45) is 5.41 Å². The van der Waals surface area contributed by atoms with Crippen LogP contribution in [0.5, 0.6) is 0 Å². The van der Waals surface area contributed by atoms with E-state index in [1.807, 2.05) is 20.8 Å². The zero-order valence-corrected chi connectivity index (χ0v) is 10.7. The van der Waals surface area contributed by atoms with E-state index in [1.54, 1.807) is 0 Å². The molecule has 0 spiro atoms. The van der Waals surface area contributed by atoms with Crippen LogP contribution in [-0.2, 0) is 10.0 Å². The standard InChI is InChI=1S/C10H22N2O2S/c1-10(2,3)8-12-15(13,14)7-9-5-4-6-11-9/h9,11-12H,4-8H2,1-3H3. The van der Waals surface area contributed by atoms with Crippen molar-refractivity contribution in [2.45, 2.75) is 39.7 Å². The van der Waals surface area contributed by atoms with Crippen LogP contribution in [0.4, 0.5) is 0 Å². The van der Waals surface area contributed by atoms with Gasteiger partial charge in [0.15, 0.2) is 0 Å². The van der Waals surface area contributed by atoms with Crippen LogP contribution >= 0.6 is 0 Å². The summed E-state index contributed by atoms with van der Waals surface area (Å²) in [5.74, 6) is 0.211. The summed E-state index contributed by atoms with van der Waals surface area (Å²) in [6, 6.07) is 0.141. The molecule has 1 rings (SSSR count). The summed E-state index contributed by atoms with van der Waals surface area (Å²) in [7, 11) is -3.11. The summed E-state index contributed by atoms with van der Waals surface area (Å²) in [4.78, 5) is 0. The molecular weight excluding hydrogens is 212 g/mol. The van der Waals surface area contributed by atoms with Gasteiger partial charge in [-0.05, 0) is 24.8 Å². The quantitative estimate of drug-likeness (QED) is 0.753. The zero-order chi connectivity index (χ0) is 11.5. The Balaban J connectivity index is 2.38. The van der Waals surface area contributed by atoms with Gasteiger partial charge in [0, 0.05) is 12.6 Å². The van der Waals surface area contributed by atoms with Crippen LogP contribution in [-0.4, -0.2) is 33.3 Å². The van der Waals surface area contributed by atoms with Crippen molar-refractivity contribution in [2.75, 3.05) is 18.8 Å². The summed E-state index contributed by atoms with van der Waals surface area (Å²) in [5, 5.41) is 3.19. The predicted molar refractivity (Wildman–Crippen MR) is 62.3 cm³/mol.